The van der Waals surface area contributed by atoms with Gasteiger partial charge in [0.2, 0.25) is 0 Å². The number of carbonyl (C=O) groups is 2. The van der Waals surface area contributed by atoms with E-state index in [0.717, 1.165) is 0 Å². The molecule has 0 fully saturated rings. The molecule has 1 aromatic heterocycles. The molecule has 0 aromatic carbocycles. The third-order valence-electron chi connectivity index (χ3n) is 1.82. The molecule has 0 aliphatic carbocycles. The second-order valence-electron chi connectivity index (χ2n) is 2.74. The van der Waals surface area contributed by atoms with Crippen LogP contribution in [0, 0.1) is 6.92 Å². The number of nitrogens with zero attached hydrogens (tertiary/aromatic N) is 1. The van der Waals surface area contributed by atoms with E-state index < -0.39 is 11.9 Å². The summed E-state index contributed by atoms with van der Waals surface area (Å²) in [5.41, 5.74) is 0.0156. The van der Waals surface area contributed by atoms with E-state index >= 15 is 0 Å². The summed E-state index contributed by atoms with van der Waals surface area (Å²) in [6.07, 6.45) is 1.19. The monoisotopic (exact) mass is 229 g/mol. The van der Waals surface area contributed by atoms with E-state index in [2.05, 4.69) is 9.72 Å². The first-order chi connectivity index (χ1) is 6.99. The average Bonchev–Trinajstić information content (AvgIpc) is 2.16. The van der Waals surface area contributed by atoms with Gasteiger partial charge >= 0.3 is 11.9 Å². The molecule has 5 nitrogen and oxygen atoms in total. The Morgan fingerprint density at radius 1 is 1.53 bits per heavy atom. The van der Waals surface area contributed by atoms with Crippen molar-refractivity contribution in [3.05, 3.63) is 28.0 Å². The molecule has 0 atom stereocenters. The molecule has 6 heteroatoms. The third-order valence-corrected chi connectivity index (χ3v) is 2.22. The van der Waals surface area contributed by atoms with E-state index in [-0.39, 0.29) is 21.8 Å². The van der Waals surface area contributed by atoms with Gasteiger partial charge < -0.3 is 9.84 Å². The Labute approximate surface area is 90.6 Å². The highest BCUT2D eigenvalue weighted by Crippen LogP contribution is 2.23. The summed E-state index contributed by atoms with van der Waals surface area (Å²) in [5, 5.41) is 8.70. The van der Waals surface area contributed by atoms with E-state index in [9.17, 15) is 9.59 Å². The van der Waals surface area contributed by atoms with Crippen molar-refractivity contribution in [2.45, 2.75) is 6.92 Å². The average molecular weight is 230 g/mol. The number of aryl methyl sites for hydroxylation is 1. The van der Waals surface area contributed by atoms with Crippen molar-refractivity contribution < 1.29 is 19.4 Å². The van der Waals surface area contributed by atoms with Crippen molar-refractivity contribution in [3.8, 4) is 0 Å². The lowest BCUT2D eigenvalue weighted by atomic mass is 10.1. The summed E-state index contributed by atoms with van der Waals surface area (Å²) in [5.74, 6) is -1.94. The van der Waals surface area contributed by atoms with Gasteiger partial charge in [-0.15, -0.1) is 0 Å². The molecule has 0 bridgehead atoms. The van der Waals surface area contributed by atoms with Crippen LogP contribution in [0.1, 0.15) is 26.4 Å². The van der Waals surface area contributed by atoms with Gasteiger partial charge in [0.25, 0.3) is 0 Å². The standard InChI is InChI=1S/C9H8ClNO4/c1-4-6(8(12)13)7(10)5(3-11-4)9(14)15-2/h3H,1-2H3,(H,12,13). The number of rotatable bonds is 2. The maximum Gasteiger partial charge on any atom is 0.340 e. The molecule has 1 heterocycles. The van der Waals surface area contributed by atoms with Crippen LogP contribution in [0.2, 0.25) is 5.02 Å². The number of ether oxygens (including phenoxy) is 1. The van der Waals surface area contributed by atoms with Crippen LogP contribution in [0.25, 0.3) is 0 Å². The SMILES string of the molecule is COC(=O)c1cnc(C)c(C(=O)O)c1Cl. The quantitative estimate of drug-likeness (QED) is 0.779. The molecular formula is C9H8ClNO4. The lowest BCUT2D eigenvalue weighted by Crippen LogP contribution is -2.10. The van der Waals surface area contributed by atoms with Gasteiger partial charge in [0, 0.05) is 6.20 Å². The Bertz CT molecular complexity index is 430. The van der Waals surface area contributed by atoms with Gasteiger partial charge in [0.1, 0.15) is 5.56 Å². The number of esters is 1. The zero-order valence-corrected chi connectivity index (χ0v) is 8.83. The number of aromatic carboxylic acids is 1. The van der Waals surface area contributed by atoms with Crippen LogP contribution in [0.5, 0.6) is 0 Å². The summed E-state index contributed by atoms with van der Waals surface area (Å²) in [4.78, 5) is 25.8. The predicted octanol–water partition coefficient (Wildman–Crippen LogP) is 1.53. The van der Waals surface area contributed by atoms with Crippen LogP contribution < -0.4 is 0 Å². The molecule has 80 valence electrons. The molecule has 0 radical (unpaired) electrons. The smallest absolute Gasteiger partial charge is 0.340 e. The van der Waals surface area contributed by atoms with E-state index in [4.69, 9.17) is 16.7 Å². The Morgan fingerprint density at radius 2 is 2.13 bits per heavy atom. The van der Waals surface area contributed by atoms with Crippen molar-refractivity contribution in [2.75, 3.05) is 7.11 Å². The van der Waals surface area contributed by atoms with E-state index in [0.29, 0.717) is 0 Å². The second kappa shape index (κ2) is 4.27. The van der Waals surface area contributed by atoms with Gasteiger partial charge in [0.05, 0.1) is 23.4 Å². The van der Waals surface area contributed by atoms with Crippen molar-refractivity contribution in [1.29, 1.82) is 0 Å². The fourth-order valence-corrected chi connectivity index (χ4v) is 1.42. The Morgan fingerprint density at radius 3 is 2.60 bits per heavy atom. The predicted molar refractivity (Wildman–Crippen MR) is 52.3 cm³/mol. The summed E-state index contributed by atoms with van der Waals surface area (Å²) in [6, 6.07) is 0. The normalized spacial score (nSPS) is 9.80. The number of methoxy groups -OCH3 is 1. The number of hydrogen-bond acceptors (Lipinski definition) is 4. The Hall–Kier alpha value is -1.62. The number of aromatic nitrogens is 1. The number of carbonyl (C=O) groups excluding carboxylic acids is 1. The maximum absolute atomic E-state index is 11.2. The number of halogens is 1. The van der Waals surface area contributed by atoms with Crippen LogP contribution in [0.15, 0.2) is 6.20 Å². The minimum Gasteiger partial charge on any atom is -0.478 e. The highest BCUT2D eigenvalue weighted by molar-refractivity contribution is 6.36. The molecular weight excluding hydrogens is 222 g/mol. The van der Waals surface area contributed by atoms with Crippen molar-refractivity contribution in [3.63, 3.8) is 0 Å². The van der Waals surface area contributed by atoms with Crippen LogP contribution in [-0.4, -0.2) is 29.1 Å². The largest absolute Gasteiger partial charge is 0.478 e. The molecule has 0 aliphatic rings. The molecule has 15 heavy (non-hydrogen) atoms. The first-order valence-electron chi connectivity index (χ1n) is 3.95. The van der Waals surface area contributed by atoms with Crippen molar-refractivity contribution >= 4 is 23.5 Å². The van der Waals surface area contributed by atoms with Crippen LogP contribution in [-0.2, 0) is 4.74 Å². The number of hydrogen-bond donors (Lipinski definition) is 1. The zero-order valence-electron chi connectivity index (χ0n) is 8.07. The molecule has 0 spiro atoms. The number of carboxylic acids is 1. The fraction of sp³-hybridized carbons (Fsp3) is 0.222. The summed E-state index contributed by atoms with van der Waals surface area (Å²) >= 11 is 5.76. The maximum atomic E-state index is 11.2. The molecule has 0 amide bonds. The first-order valence-corrected chi connectivity index (χ1v) is 4.33. The van der Waals surface area contributed by atoms with Crippen LogP contribution in [0.4, 0.5) is 0 Å². The molecule has 0 saturated heterocycles. The van der Waals surface area contributed by atoms with Gasteiger partial charge in [-0.3, -0.25) is 4.98 Å². The second-order valence-corrected chi connectivity index (χ2v) is 3.12. The molecule has 1 N–H and O–H groups in total. The minimum atomic E-state index is -1.23. The summed E-state index contributed by atoms with van der Waals surface area (Å²) in [7, 11) is 1.18. The van der Waals surface area contributed by atoms with Crippen LogP contribution in [0.3, 0.4) is 0 Å². The summed E-state index contributed by atoms with van der Waals surface area (Å²) in [6.45, 7) is 1.50. The number of carboxylic acid groups (broad SMARTS) is 1. The zero-order chi connectivity index (χ0) is 11.6. The Kier molecular flexibility index (Phi) is 3.26. The van der Waals surface area contributed by atoms with Gasteiger partial charge in [-0.25, -0.2) is 9.59 Å². The van der Waals surface area contributed by atoms with Gasteiger partial charge in [-0.2, -0.15) is 0 Å². The van der Waals surface area contributed by atoms with Crippen molar-refractivity contribution in [1.82, 2.24) is 4.98 Å². The third kappa shape index (κ3) is 2.07. The van der Waals surface area contributed by atoms with Gasteiger partial charge in [-0.1, -0.05) is 11.6 Å². The Balaban J connectivity index is 3.41. The van der Waals surface area contributed by atoms with E-state index in [1.807, 2.05) is 0 Å². The van der Waals surface area contributed by atoms with E-state index in [1.54, 1.807) is 0 Å². The highest BCUT2D eigenvalue weighted by atomic mass is 35.5. The number of pyridine rings is 1. The molecule has 1 aromatic rings. The van der Waals surface area contributed by atoms with Crippen molar-refractivity contribution in [2.24, 2.45) is 0 Å². The molecule has 0 aliphatic heterocycles. The topological polar surface area (TPSA) is 76.5 Å². The van der Waals surface area contributed by atoms with Crippen LogP contribution >= 0.6 is 11.6 Å². The first kappa shape index (κ1) is 11.5. The van der Waals surface area contributed by atoms with Gasteiger partial charge in [0.15, 0.2) is 0 Å². The lowest BCUT2D eigenvalue weighted by molar-refractivity contribution is 0.0600. The highest BCUT2D eigenvalue weighted by Gasteiger charge is 2.20. The lowest BCUT2D eigenvalue weighted by Gasteiger charge is -2.06. The minimum absolute atomic E-state index is 0.0535. The molecule has 0 saturated carbocycles. The molecule has 0 unspecified atom stereocenters. The van der Waals surface area contributed by atoms with E-state index in [1.165, 1.54) is 20.2 Å². The van der Waals surface area contributed by atoms with Gasteiger partial charge in [-0.05, 0) is 6.92 Å². The molecule has 1 rings (SSSR count). The fourth-order valence-electron chi connectivity index (χ4n) is 1.08. The summed E-state index contributed by atoms with van der Waals surface area (Å²) < 4.78 is 4.44.